The van der Waals surface area contributed by atoms with Crippen molar-refractivity contribution in [3.63, 3.8) is 0 Å². The van der Waals surface area contributed by atoms with Crippen LogP contribution in [0.5, 0.6) is 0 Å². The number of hydrogen-bond donors (Lipinski definition) is 3. The lowest BCUT2D eigenvalue weighted by Gasteiger charge is -2.36. The van der Waals surface area contributed by atoms with Gasteiger partial charge in [0.1, 0.15) is 24.0 Å². The average molecular weight is 530 g/mol. The molecule has 210 valence electrons. The minimum Gasteiger partial charge on any atom is -0.457 e. The highest BCUT2D eigenvalue weighted by atomic mass is 16.5. The Labute approximate surface area is 225 Å². The van der Waals surface area contributed by atoms with Gasteiger partial charge in [0, 0.05) is 12.3 Å². The SMILES string of the molecule is CCC[C@H]1C(=O)C(C)(C)[C@@H](O)CC(=O)O[C@H](c2ccc3oc(CO)nc3c2)CC=C(C)CCC[C@H](C)[C@@H]1O. The molecular formula is C30H43NO7. The number of esters is 1. The number of fused-ring (bicyclic) bond motifs is 1. The third-order valence-corrected chi connectivity index (χ3v) is 7.91. The van der Waals surface area contributed by atoms with E-state index in [1.165, 1.54) is 0 Å². The van der Waals surface area contributed by atoms with Crippen LogP contribution in [0.15, 0.2) is 34.3 Å². The summed E-state index contributed by atoms with van der Waals surface area (Å²) in [7, 11) is 0. The quantitative estimate of drug-likeness (QED) is 0.365. The summed E-state index contributed by atoms with van der Waals surface area (Å²) >= 11 is 0. The minimum atomic E-state index is -1.26. The van der Waals surface area contributed by atoms with Crippen molar-refractivity contribution >= 4 is 22.9 Å². The zero-order chi connectivity index (χ0) is 28.0. The second-order valence-electron chi connectivity index (χ2n) is 11.3. The summed E-state index contributed by atoms with van der Waals surface area (Å²) in [4.78, 5) is 30.9. The standard InChI is InChI=1S/C30H43NO7/c1-6-8-21-28(35)19(3)10-7-9-18(2)11-13-23(38-27(34)16-25(33)30(4,5)29(21)36)20-12-14-24-22(15-20)31-26(17-32)37-24/h11-12,14-15,19,21,23,25,28,32-33,35H,6-10,13,16-17H2,1-5H3/t19-,21+,23-,25-,28-/m0/s1. The van der Waals surface area contributed by atoms with E-state index in [9.17, 15) is 24.9 Å². The number of carbonyl (C=O) groups excluding carboxylic acids is 2. The van der Waals surface area contributed by atoms with Crippen LogP contribution in [-0.4, -0.2) is 44.3 Å². The third kappa shape index (κ3) is 7.10. The van der Waals surface area contributed by atoms with Gasteiger partial charge in [0.15, 0.2) is 5.58 Å². The van der Waals surface area contributed by atoms with Gasteiger partial charge in [0.2, 0.25) is 5.89 Å². The van der Waals surface area contributed by atoms with Crippen LogP contribution in [0.25, 0.3) is 11.1 Å². The van der Waals surface area contributed by atoms with Crippen LogP contribution in [-0.2, 0) is 20.9 Å². The summed E-state index contributed by atoms with van der Waals surface area (Å²) in [5, 5.41) is 31.5. The predicted octanol–water partition coefficient (Wildman–Crippen LogP) is 5.18. The molecule has 1 aliphatic heterocycles. The van der Waals surface area contributed by atoms with Crippen molar-refractivity contribution in [3.8, 4) is 0 Å². The van der Waals surface area contributed by atoms with E-state index in [1.807, 2.05) is 20.8 Å². The predicted molar refractivity (Wildman–Crippen MR) is 144 cm³/mol. The number of nitrogens with zero attached hydrogens (tertiary/aromatic N) is 1. The molecule has 0 bridgehead atoms. The second kappa shape index (κ2) is 13.0. The first kappa shape index (κ1) is 30.0. The molecule has 1 aromatic carbocycles. The lowest BCUT2D eigenvalue weighted by atomic mass is 9.71. The smallest absolute Gasteiger partial charge is 0.309 e. The molecule has 0 fully saturated rings. The monoisotopic (exact) mass is 529 g/mol. The van der Waals surface area contributed by atoms with Gasteiger partial charge in [-0.3, -0.25) is 9.59 Å². The van der Waals surface area contributed by atoms with E-state index in [4.69, 9.17) is 9.15 Å². The van der Waals surface area contributed by atoms with Gasteiger partial charge in [-0.05, 0) is 56.2 Å². The Morgan fingerprint density at radius 2 is 1.92 bits per heavy atom. The van der Waals surface area contributed by atoms with Crippen molar-refractivity contribution in [1.82, 2.24) is 4.98 Å². The number of aromatic nitrogens is 1. The van der Waals surface area contributed by atoms with Gasteiger partial charge in [0.05, 0.1) is 24.0 Å². The molecule has 1 aliphatic rings. The largest absolute Gasteiger partial charge is 0.457 e. The van der Waals surface area contributed by atoms with E-state index in [0.29, 0.717) is 23.9 Å². The maximum absolute atomic E-state index is 13.6. The maximum atomic E-state index is 13.6. The molecule has 8 heteroatoms. The topological polar surface area (TPSA) is 130 Å². The van der Waals surface area contributed by atoms with Crippen molar-refractivity contribution in [2.45, 2.75) is 104 Å². The first-order valence-electron chi connectivity index (χ1n) is 13.7. The number of oxazole rings is 1. The van der Waals surface area contributed by atoms with Gasteiger partial charge in [-0.25, -0.2) is 4.98 Å². The molecule has 0 saturated carbocycles. The van der Waals surface area contributed by atoms with Crippen LogP contribution in [0.2, 0.25) is 0 Å². The molecule has 1 aromatic heterocycles. The van der Waals surface area contributed by atoms with Crippen molar-refractivity contribution < 1.29 is 34.1 Å². The van der Waals surface area contributed by atoms with Crippen LogP contribution >= 0.6 is 0 Å². The summed E-state index contributed by atoms with van der Waals surface area (Å²) in [6.45, 7) is 8.94. The molecular weight excluding hydrogens is 486 g/mol. The Morgan fingerprint density at radius 1 is 1.18 bits per heavy atom. The van der Waals surface area contributed by atoms with Gasteiger partial charge in [-0.1, -0.05) is 51.8 Å². The zero-order valence-corrected chi connectivity index (χ0v) is 23.3. The maximum Gasteiger partial charge on any atom is 0.309 e. The molecule has 5 atom stereocenters. The number of Topliss-reactive ketones (excluding diaryl/α,β-unsaturated/α-hetero) is 1. The Bertz CT molecular complexity index is 1130. The highest BCUT2D eigenvalue weighted by molar-refractivity contribution is 5.88. The summed E-state index contributed by atoms with van der Waals surface area (Å²) < 4.78 is 11.3. The van der Waals surface area contributed by atoms with Crippen LogP contribution in [0.1, 0.15) is 97.1 Å². The van der Waals surface area contributed by atoms with Crippen LogP contribution in [0.3, 0.4) is 0 Å². The first-order valence-corrected chi connectivity index (χ1v) is 13.7. The highest BCUT2D eigenvalue weighted by Gasteiger charge is 2.43. The van der Waals surface area contributed by atoms with Gasteiger partial charge in [-0.2, -0.15) is 0 Å². The van der Waals surface area contributed by atoms with Gasteiger partial charge in [0.25, 0.3) is 0 Å². The highest BCUT2D eigenvalue weighted by Crippen LogP contribution is 2.35. The number of ketones is 1. The van der Waals surface area contributed by atoms with E-state index >= 15 is 0 Å². The number of hydrogen-bond acceptors (Lipinski definition) is 8. The third-order valence-electron chi connectivity index (χ3n) is 7.91. The van der Waals surface area contributed by atoms with Crippen LogP contribution in [0, 0.1) is 17.3 Å². The Balaban J connectivity index is 1.93. The molecule has 38 heavy (non-hydrogen) atoms. The lowest BCUT2D eigenvalue weighted by molar-refractivity contribution is -0.156. The number of allylic oxidation sites excluding steroid dienone is 1. The van der Waals surface area contributed by atoms with E-state index < -0.39 is 35.6 Å². The van der Waals surface area contributed by atoms with Gasteiger partial charge in [-0.15, -0.1) is 0 Å². The molecule has 0 aliphatic carbocycles. The van der Waals surface area contributed by atoms with Crippen LogP contribution in [0.4, 0.5) is 0 Å². The molecule has 2 heterocycles. The number of cyclic esters (lactones) is 1. The first-order chi connectivity index (χ1) is 18.0. The Kier molecular flexibility index (Phi) is 10.3. The van der Waals surface area contributed by atoms with E-state index in [2.05, 4.69) is 11.1 Å². The molecule has 0 radical (unpaired) electrons. The molecule has 2 aromatic rings. The van der Waals surface area contributed by atoms with Gasteiger partial charge >= 0.3 is 5.97 Å². The molecule has 8 nitrogen and oxygen atoms in total. The summed E-state index contributed by atoms with van der Waals surface area (Å²) in [6, 6.07) is 5.31. The minimum absolute atomic E-state index is 0.0696. The van der Waals surface area contributed by atoms with Crippen molar-refractivity contribution in [2.24, 2.45) is 17.3 Å². The Hall–Kier alpha value is -2.55. The number of ether oxygens (including phenoxy) is 1. The molecule has 3 N–H and O–H groups in total. The van der Waals surface area contributed by atoms with E-state index in [-0.39, 0.29) is 30.6 Å². The summed E-state index contributed by atoms with van der Waals surface area (Å²) in [5.74, 6) is -1.31. The lowest BCUT2D eigenvalue weighted by Crippen LogP contribution is -2.46. The fourth-order valence-corrected chi connectivity index (χ4v) is 5.22. The Morgan fingerprint density at radius 3 is 2.61 bits per heavy atom. The number of rotatable bonds is 4. The zero-order valence-electron chi connectivity index (χ0n) is 23.3. The number of carbonyl (C=O) groups is 2. The molecule has 0 unspecified atom stereocenters. The molecule has 0 amide bonds. The summed E-state index contributed by atoms with van der Waals surface area (Å²) in [6.07, 6.45) is 3.17. The fraction of sp³-hybridized carbons (Fsp3) is 0.633. The number of benzene rings is 1. The van der Waals surface area contributed by atoms with Crippen LogP contribution < -0.4 is 0 Å². The molecule has 0 saturated heterocycles. The van der Waals surface area contributed by atoms with E-state index in [0.717, 1.165) is 36.8 Å². The van der Waals surface area contributed by atoms with Gasteiger partial charge < -0.3 is 24.5 Å². The average Bonchev–Trinajstić information content (AvgIpc) is 3.30. The molecule has 0 spiro atoms. The fourth-order valence-electron chi connectivity index (χ4n) is 5.22. The normalized spacial score (nSPS) is 28.2. The van der Waals surface area contributed by atoms with Crippen molar-refractivity contribution in [3.05, 3.63) is 41.3 Å². The van der Waals surface area contributed by atoms with Crippen molar-refractivity contribution in [1.29, 1.82) is 0 Å². The van der Waals surface area contributed by atoms with E-state index in [1.54, 1.807) is 32.0 Å². The number of aliphatic hydroxyl groups is 3. The second-order valence-corrected chi connectivity index (χ2v) is 11.3. The van der Waals surface area contributed by atoms with Crippen molar-refractivity contribution in [2.75, 3.05) is 0 Å². The number of aliphatic hydroxyl groups excluding tert-OH is 3. The molecule has 3 rings (SSSR count). The summed E-state index contributed by atoms with van der Waals surface area (Å²) in [5.41, 5.74) is 1.71.